The zero-order valence-electron chi connectivity index (χ0n) is 22.5. The van der Waals surface area contributed by atoms with E-state index in [-0.39, 0.29) is 0 Å². The molecule has 0 radical (unpaired) electrons. The van der Waals surface area contributed by atoms with E-state index in [0.717, 1.165) is 54.2 Å². The predicted molar refractivity (Wildman–Crippen MR) is 176 cm³/mol. The van der Waals surface area contributed by atoms with E-state index < -0.39 is 7.14 Å². The number of imidazole rings is 1. The Balaban J connectivity index is 1.39. The standard InChI is InChI=1S/C36H24N3OPS/c40-41(29-11-3-1-4-12-29,30-13-5-2-6-14-30)31-21-27(25-10-9-19-37-23-25)20-28(22-31)26-17-18-34-38-35-32-15-7-8-16-33(32)42-36(35)39(34)24-26/h1-24H. The molecule has 8 rings (SSSR count). The highest BCUT2D eigenvalue weighted by molar-refractivity contribution is 7.85. The topological polar surface area (TPSA) is 47.3 Å². The molecular formula is C36H24N3OPS. The summed E-state index contributed by atoms with van der Waals surface area (Å²) in [5.74, 6) is 0. The van der Waals surface area contributed by atoms with E-state index in [4.69, 9.17) is 4.98 Å². The van der Waals surface area contributed by atoms with E-state index in [0.29, 0.717) is 0 Å². The number of rotatable bonds is 5. The fourth-order valence-electron chi connectivity index (χ4n) is 5.71. The van der Waals surface area contributed by atoms with Crippen LogP contribution in [0.5, 0.6) is 0 Å². The lowest BCUT2D eigenvalue weighted by molar-refractivity contribution is 0.592. The van der Waals surface area contributed by atoms with Crippen LogP contribution in [-0.2, 0) is 4.57 Å². The van der Waals surface area contributed by atoms with Gasteiger partial charge in [-0.1, -0.05) is 84.9 Å². The smallest absolute Gasteiger partial charge is 0.171 e. The molecule has 6 heteroatoms. The van der Waals surface area contributed by atoms with Crippen molar-refractivity contribution in [3.05, 3.63) is 146 Å². The third-order valence-electron chi connectivity index (χ3n) is 7.77. The molecule has 0 aliphatic rings. The van der Waals surface area contributed by atoms with E-state index in [1.165, 1.54) is 10.1 Å². The first-order valence-corrected chi connectivity index (χ1v) is 16.3. The van der Waals surface area contributed by atoms with Crippen molar-refractivity contribution in [2.24, 2.45) is 0 Å². The summed E-state index contributed by atoms with van der Waals surface area (Å²) in [5, 5.41) is 3.58. The van der Waals surface area contributed by atoms with Crippen LogP contribution >= 0.6 is 18.5 Å². The zero-order chi connectivity index (χ0) is 28.1. The number of aromatic nitrogens is 3. The van der Waals surface area contributed by atoms with Gasteiger partial charge in [-0.25, -0.2) is 4.98 Å². The highest BCUT2D eigenvalue weighted by atomic mass is 32.1. The second-order valence-electron chi connectivity index (χ2n) is 10.3. The molecule has 0 atom stereocenters. The Hall–Kier alpha value is -4.83. The van der Waals surface area contributed by atoms with Crippen LogP contribution in [0, 0.1) is 0 Å². The second kappa shape index (κ2) is 9.92. The van der Waals surface area contributed by atoms with Gasteiger partial charge >= 0.3 is 0 Å². The molecule has 0 saturated carbocycles. The lowest BCUT2D eigenvalue weighted by atomic mass is 10.0. The van der Waals surface area contributed by atoms with Crippen LogP contribution in [0.15, 0.2) is 146 Å². The molecule has 42 heavy (non-hydrogen) atoms. The van der Waals surface area contributed by atoms with Gasteiger partial charge in [0.15, 0.2) is 7.14 Å². The molecule has 4 aromatic heterocycles. The van der Waals surface area contributed by atoms with Gasteiger partial charge in [0.05, 0.1) is 0 Å². The van der Waals surface area contributed by atoms with Crippen molar-refractivity contribution in [1.29, 1.82) is 0 Å². The summed E-state index contributed by atoms with van der Waals surface area (Å²) in [6.07, 6.45) is 5.79. The Kier molecular flexibility index (Phi) is 5.88. The zero-order valence-corrected chi connectivity index (χ0v) is 24.2. The molecular weight excluding hydrogens is 553 g/mol. The highest BCUT2D eigenvalue weighted by Crippen LogP contribution is 2.44. The minimum Gasteiger partial charge on any atom is -0.309 e. The summed E-state index contributed by atoms with van der Waals surface area (Å²) in [6.45, 7) is 0. The summed E-state index contributed by atoms with van der Waals surface area (Å²) in [6, 6.07) is 42.6. The van der Waals surface area contributed by atoms with Gasteiger partial charge in [0.25, 0.3) is 0 Å². The number of hydrogen-bond acceptors (Lipinski definition) is 4. The lowest BCUT2D eigenvalue weighted by Gasteiger charge is -2.22. The predicted octanol–water partition coefficient (Wildman–Crippen LogP) is 8.07. The van der Waals surface area contributed by atoms with Gasteiger partial charge in [0.1, 0.15) is 16.0 Å². The van der Waals surface area contributed by atoms with Crippen LogP contribution < -0.4 is 15.9 Å². The van der Waals surface area contributed by atoms with Gasteiger partial charge in [-0.15, -0.1) is 11.3 Å². The monoisotopic (exact) mass is 577 g/mol. The summed E-state index contributed by atoms with van der Waals surface area (Å²) in [7, 11) is -3.20. The van der Waals surface area contributed by atoms with E-state index in [1.54, 1.807) is 17.5 Å². The highest BCUT2D eigenvalue weighted by Gasteiger charge is 2.30. The van der Waals surface area contributed by atoms with Crippen LogP contribution in [0.2, 0.25) is 0 Å². The van der Waals surface area contributed by atoms with E-state index in [9.17, 15) is 0 Å². The quantitative estimate of drug-likeness (QED) is 0.194. The number of hydrogen-bond donors (Lipinski definition) is 0. The Morgan fingerprint density at radius 3 is 2.02 bits per heavy atom. The maximum atomic E-state index is 15.4. The number of thiophene rings is 1. The van der Waals surface area contributed by atoms with E-state index >= 15 is 4.57 Å². The minimum absolute atomic E-state index is 0.786. The van der Waals surface area contributed by atoms with Gasteiger partial charge in [0, 0.05) is 50.2 Å². The van der Waals surface area contributed by atoms with E-state index in [1.807, 2.05) is 79.0 Å². The summed E-state index contributed by atoms with van der Waals surface area (Å²) < 4.78 is 18.8. The fraction of sp³-hybridized carbons (Fsp3) is 0. The van der Waals surface area contributed by atoms with E-state index in [2.05, 4.69) is 70.2 Å². The summed E-state index contributed by atoms with van der Waals surface area (Å²) >= 11 is 1.75. The molecule has 0 N–H and O–H groups in total. The van der Waals surface area contributed by atoms with Crippen molar-refractivity contribution in [1.82, 2.24) is 14.4 Å². The van der Waals surface area contributed by atoms with Crippen LogP contribution in [0.25, 0.3) is 48.3 Å². The minimum atomic E-state index is -3.20. The molecule has 0 spiro atoms. The molecule has 0 bridgehead atoms. The molecule has 0 amide bonds. The van der Waals surface area contributed by atoms with Gasteiger partial charge in [-0.05, 0) is 59.2 Å². The number of benzene rings is 4. The molecule has 0 unspecified atom stereocenters. The van der Waals surface area contributed by atoms with Gasteiger partial charge in [-0.2, -0.15) is 0 Å². The molecule has 4 nitrogen and oxygen atoms in total. The van der Waals surface area contributed by atoms with Gasteiger partial charge in [-0.3, -0.25) is 9.38 Å². The van der Waals surface area contributed by atoms with Crippen LogP contribution in [-0.4, -0.2) is 14.4 Å². The molecule has 8 aromatic rings. The Morgan fingerprint density at radius 2 is 1.31 bits per heavy atom. The molecule has 0 saturated heterocycles. The average Bonchev–Trinajstić information content (AvgIpc) is 3.61. The molecule has 200 valence electrons. The SMILES string of the molecule is O=P(c1ccccc1)(c1ccccc1)c1cc(-c2cccnc2)cc(-c2ccc3nc4c5ccccc5sc4n3c2)c1. The third-order valence-corrected chi connectivity index (χ3v) is 12.0. The maximum absolute atomic E-state index is 15.4. The molecule has 0 aliphatic heterocycles. The van der Waals surface area contributed by atoms with Gasteiger partial charge in [0.2, 0.25) is 0 Å². The van der Waals surface area contributed by atoms with Crippen molar-refractivity contribution in [2.75, 3.05) is 0 Å². The molecule has 4 aromatic carbocycles. The fourth-order valence-corrected chi connectivity index (χ4v) is 9.55. The van der Waals surface area contributed by atoms with Crippen molar-refractivity contribution in [3.8, 4) is 22.3 Å². The van der Waals surface area contributed by atoms with Crippen molar-refractivity contribution in [2.45, 2.75) is 0 Å². The second-order valence-corrected chi connectivity index (χ2v) is 14.1. The Morgan fingerprint density at radius 1 is 0.619 bits per heavy atom. The van der Waals surface area contributed by atoms with Crippen LogP contribution in [0.4, 0.5) is 0 Å². The summed E-state index contributed by atoms with van der Waals surface area (Å²) in [5.41, 5.74) is 5.90. The Bertz CT molecular complexity index is 2230. The van der Waals surface area contributed by atoms with Crippen molar-refractivity contribution >= 4 is 60.5 Å². The van der Waals surface area contributed by atoms with Crippen LogP contribution in [0.3, 0.4) is 0 Å². The number of pyridine rings is 2. The first kappa shape index (κ1) is 24.9. The molecule has 4 heterocycles. The Labute approximate surface area is 247 Å². The third kappa shape index (κ3) is 4.01. The van der Waals surface area contributed by atoms with Crippen molar-refractivity contribution in [3.63, 3.8) is 0 Å². The largest absolute Gasteiger partial charge is 0.309 e. The lowest BCUT2D eigenvalue weighted by Crippen LogP contribution is -2.25. The average molecular weight is 578 g/mol. The normalized spacial score (nSPS) is 11.9. The molecule has 0 aliphatic carbocycles. The number of nitrogens with zero attached hydrogens (tertiary/aromatic N) is 3. The maximum Gasteiger partial charge on any atom is 0.171 e. The van der Waals surface area contributed by atoms with Gasteiger partial charge < -0.3 is 4.57 Å². The summed E-state index contributed by atoms with van der Waals surface area (Å²) in [4.78, 5) is 10.5. The van der Waals surface area contributed by atoms with Crippen molar-refractivity contribution < 1.29 is 4.57 Å². The first-order chi connectivity index (χ1) is 20.7. The molecule has 0 fully saturated rings. The first-order valence-electron chi connectivity index (χ1n) is 13.8. The number of fused-ring (bicyclic) bond motifs is 5. The van der Waals surface area contributed by atoms with Crippen LogP contribution in [0.1, 0.15) is 0 Å².